The van der Waals surface area contributed by atoms with E-state index in [0.29, 0.717) is 22.9 Å². The fraction of sp³-hybridized carbons (Fsp3) is 0.0833. The molecule has 33 heavy (non-hydrogen) atoms. The van der Waals surface area contributed by atoms with Gasteiger partial charge in [0, 0.05) is 6.20 Å². The molecule has 3 aromatic heterocycles. The summed E-state index contributed by atoms with van der Waals surface area (Å²) in [6, 6.07) is 17.1. The highest BCUT2D eigenvalue weighted by molar-refractivity contribution is 6.01. The number of aromatic nitrogens is 2. The normalized spacial score (nSPS) is 11.1. The molecule has 9 nitrogen and oxygen atoms in total. The van der Waals surface area contributed by atoms with E-state index in [1.54, 1.807) is 54.6 Å². The van der Waals surface area contributed by atoms with E-state index in [2.05, 4.69) is 10.3 Å². The van der Waals surface area contributed by atoms with Gasteiger partial charge in [-0.15, -0.1) is 0 Å². The molecule has 0 aliphatic heterocycles. The van der Waals surface area contributed by atoms with Crippen molar-refractivity contribution in [2.24, 2.45) is 0 Å². The Morgan fingerprint density at radius 3 is 2.70 bits per heavy atom. The van der Waals surface area contributed by atoms with Gasteiger partial charge in [-0.1, -0.05) is 18.2 Å². The number of hydrogen-bond acceptors (Lipinski definition) is 7. The van der Waals surface area contributed by atoms with Crippen LogP contribution in [0.15, 0.2) is 81.8 Å². The molecule has 0 unspecified atom stereocenters. The highest BCUT2D eigenvalue weighted by Crippen LogP contribution is 2.31. The average Bonchev–Trinajstić information content (AvgIpc) is 3.37. The molecule has 0 aliphatic rings. The number of hydrogen-bond donors (Lipinski definition) is 1. The topological polar surface area (TPSA) is 119 Å². The Hall–Kier alpha value is -4.84. The second-order valence-electron chi connectivity index (χ2n) is 6.75. The number of rotatable bonds is 7. The quantitative estimate of drug-likeness (QED) is 0.344. The number of nitrogens with zero attached hydrogens (tertiary/aromatic N) is 3. The molecule has 0 saturated carbocycles. The smallest absolute Gasteiger partial charge is 0.269 e. The standard InChI is InChI=1S/C24H18N4O5/c1-31-19-8-2-3-9-20(19)33-23-18(24(30)28-11-5-4-10-21(28)27-23)13-16(14-25)22(29)26-15-17-7-6-12-32-17/h2-13H,15H2,1H3,(H,26,29). The Kier molecular flexibility index (Phi) is 6.18. The summed E-state index contributed by atoms with van der Waals surface area (Å²) in [7, 11) is 1.49. The number of pyridine rings is 1. The summed E-state index contributed by atoms with van der Waals surface area (Å²) < 4.78 is 17.7. The average molecular weight is 442 g/mol. The van der Waals surface area contributed by atoms with Crippen molar-refractivity contribution in [2.45, 2.75) is 6.54 Å². The molecule has 0 radical (unpaired) electrons. The molecule has 4 aromatic rings. The van der Waals surface area contributed by atoms with Crippen LogP contribution in [0.3, 0.4) is 0 Å². The van der Waals surface area contributed by atoms with E-state index < -0.39 is 11.5 Å². The molecule has 1 N–H and O–H groups in total. The van der Waals surface area contributed by atoms with Crippen molar-refractivity contribution in [3.63, 3.8) is 0 Å². The molecule has 0 fully saturated rings. The van der Waals surface area contributed by atoms with Gasteiger partial charge in [0.15, 0.2) is 11.5 Å². The summed E-state index contributed by atoms with van der Waals surface area (Å²) in [5.41, 5.74) is -0.516. The fourth-order valence-corrected chi connectivity index (χ4v) is 3.06. The van der Waals surface area contributed by atoms with Crippen LogP contribution in [-0.4, -0.2) is 22.4 Å². The Morgan fingerprint density at radius 1 is 1.18 bits per heavy atom. The van der Waals surface area contributed by atoms with Gasteiger partial charge in [0.2, 0.25) is 5.88 Å². The maximum atomic E-state index is 13.2. The lowest BCUT2D eigenvalue weighted by molar-refractivity contribution is -0.117. The lowest BCUT2D eigenvalue weighted by atomic mass is 10.1. The van der Waals surface area contributed by atoms with Crippen LogP contribution >= 0.6 is 0 Å². The first-order chi connectivity index (χ1) is 16.1. The number of carbonyl (C=O) groups excluding carboxylic acids is 1. The maximum Gasteiger partial charge on any atom is 0.269 e. The Bertz CT molecular complexity index is 1430. The van der Waals surface area contributed by atoms with Crippen LogP contribution in [-0.2, 0) is 11.3 Å². The van der Waals surface area contributed by atoms with Crippen LogP contribution in [0.2, 0.25) is 0 Å². The molecule has 9 heteroatoms. The highest BCUT2D eigenvalue weighted by Gasteiger charge is 2.18. The highest BCUT2D eigenvalue weighted by atomic mass is 16.5. The first kappa shape index (κ1) is 21.4. The third-order valence-electron chi connectivity index (χ3n) is 4.67. The van der Waals surface area contributed by atoms with Gasteiger partial charge in [-0.25, -0.2) is 0 Å². The van der Waals surface area contributed by atoms with Gasteiger partial charge in [-0.3, -0.25) is 14.0 Å². The fourth-order valence-electron chi connectivity index (χ4n) is 3.06. The summed E-state index contributed by atoms with van der Waals surface area (Å²) in [5, 5.41) is 12.2. The van der Waals surface area contributed by atoms with Gasteiger partial charge < -0.3 is 19.2 Å². The van der Waals surface area contributed by atoms with Gasteiger partial charge in [0.25, 0.3) is 11.5 Å². The van der Waals surface area contributed by atoms with E-state index >= 15 is 0 Å². The lowest BCUT2D eigenvalue weighted by Gasteiger charge is -2.12. The predicted molar refractivity (Wildman–Crippen MR) is 119 cm³/mol. The van der Waals surface area contributed by atoms with Crippen molar-refractivity contribution in [1.82, 2.24) is 14.7 Å². The minimum Gasteiger partial charge on any atom is -0.493 e. The lowest BCUT2D eigenvalue weighted by Crippen LogP contribution is -2.24. The van der Waals surface area contributed by atoms with Crippen molar-refractivity contribution in [2.75, 3.05) is 7.11 Å². The predicted octanol–water partition coefficient (Wildman–Crippen LogP) is 3.31. The molecule has 164 valence electrons. The van der Waals surface area contributed by atoms with Crippen molar-refractivity contribution in [1.29, 1.82) is 5.26 Å². The number of methoxy groups -OCH3 is 1. The van der Waals surface area contributed by atoms with E-state index in [1.165, 1.54) is 24.0 Å². The Balaban J connectivity index is 1.78. The van der Waals surface area contributed by atoms with Crippen LogP contribution in [0.25, 0.3) is 11.7 Å². The number of nitrogens with one attached hydrogen (secondary N) is 1. The van der Waals surface area contributed by atoms with Gasteiger partial charge in [-0.2, -0.15) is 10.2 Å². The van der Waals surface area contributed by atoms with E-state index in [1.807, 2.05) is 6.07 Å². The number of para-hydroxylation sites is 2. The first-order valence-corrected chi connectivity index (χ1v) is 9.85. The summed E-state index contributed by atoms with van der Waals surface area (Å²) in [4.78, 5) is 30.2. The van der Waals surface area contributed by atoms with E-state index in [9.17, 15) is 14.9 Å². The number of furan rings is 1. The van der Waals surface area contributed by atoms with Gasteiger partial charge >= 0.3 is 0 Å². The molecule has 0 atom stereocenters. The monoisotopic (exact) mass is 442 g/mol. The van der Waals surface area contributed by atoms with E-state index in [0.717, 1.165) is 6.08 Å². The number of carbonyl (C=O) groups is 1. The molecule has 3 heterocycles. The minimum atomic E-state index is -0.672. The molecular weight excluding hydrogens is 424 g/mol. The molecule has 1 amide bonds. The second kappa shape index (κ2) is 9.53. The third kappa shape index (κ3) is 4.60. The molecule has 4 rings (SSSR count). The zero-order chi connectivity index (χ0) is 23.2. The van der Waals surface area contributed by atoms with Crippen LogP contribution in [0.1, 0.15) is 11.3 Å². The summed E-state index contributed by atoms with van der Waals surface area (Å²) >= 11 is 0. The molecule has 0 bridgehead atoms. The van der Waals surface area contributed by atoms with Gasteiger partial charge in [0.05, 0.1) is 19.9 Å². The Labute approximate surface area is 188 Å². The van der Waals surface area contributed by atoms with Gasteiger partial charge in [-0.05, 0) is 42.5 Å². The zero-order valence-corrected chi connectivity index (χ0v) is 17.5. The van der Waals surface area contributed by atoms with Crippen LogP contribution in [0, 0.1) is 11.3 Å². The third-order valence-corrected chi connectivity index (χ3v) is 4.67. The summed E-state index contributed by atoms with van der Waals surface area (Å²) in [6.07, 6.45) is 4.18. The number of ether oxygens (including phenoxy) is 2. The number of amides is 1. The van der Waals surface area contributed by atoms with Crippen molar-refractivity contribution < 1.29 is 18.7 Å². The van der Waals surface area contributed by atoms with E-state index in [4.69, 9.17) is 13.9 Å². The molecule has 0 spiro atoms. The summed E-state index contributed by atoms with van der Waals surface area (Å²) in [6.45, 7) is 0.0877. The zero-order valence-electron chi connectivity index (χ0n) is 17.5. The largest absolute Gasteiger partial charge is 0.493 e. The minimum absolute atomic E-state index is 0.0608. The van der Waals surface area contributed by atoms with Crippen molar-refractivity contribution in [3.05, 3.63) is 94.3 Å². The number of fused-ring (bicyclic) bond motifs is 1. The summed E-state index contributed by atoms with van der Waals surface area (Å²) in [5.74, 6) is 0.534. The van der Waals surface area contributed by atoms with Crippen LogP contribution in [0.4, 0.5) is 0 Å². The Morgan fingerprint density at radius 2 is 1.97 bits per heavy atom. The van der Waals surface area contributed by atoms with Gasteiger partial charge in [0.1, 0.15) is 28.6 Å². The molecular formula is C24H18N4O5. The number of benzene rings is 1. The van der Waals surface area contributed by atoms with Crippen molar-refractivity contribution >= 4 is 17.6 Å². The number of nitriles is 1. The van der Waals surface area contributed by atoms with E-state index in [-0.39, 0.29) is 23.6 Å². The van der Waals surface area contributed by atoms with Crippen LogP contribution in [0.5, 0.6) is 17.4 Å². The molecule has 0 aliphatic carbocycles. The maximum absolute atomic E-state index is 13.2. The molecule has 1 aromatic carbocycles. The second-order valence-corrected chi connectivity index (χ2v) is 6.75. The first-order valence-electron chi connectivity index (χ1n) is 9.85. The molecule has 0 saturated heterocycles. The van der Waals surface area contributed by atoms with Crippen LogP contribution < -0.4 is 20.3 Å². The SMILES string of the molecule is COc1ccccc1Oc1nc2ccccn2c(=O)c1C=C(C#N)C(=O)NCc1ccco1. The van der Waals surface area contributed by atoms with Crippen molar-refractivity contribution in [3.8, 4) is 23.4 Å².